The molecule has 1 saturated heterocycles. The van der Waals surface area contributed by atoms with Gasteiger partial charge in [0.1, 0.15) is 0 Å². The Hall–Kier alpha value is -0.670. The summed E-state index contributed by atoms with van der Waals surface area (Å²) in [6, 6.07) is 2.58. The predicted molar refractivity (Wildman–Crippen MR) is 77.6 cm³/mol. The van der Waals surface area contributed by atoms with Gasteiger partial charge in [-0.1, -0.05) is 6.92 Å². The molecule has 0 spiro atoms. The summed E-state index contributed by atoms with van der Waals surface area (Å²) in [5, 5.41) is 0. The molecule has 2 nitrogen and oxygen atoms in total. The minimum atomic E-state index is 0.290. The molecule has 18 heavy (non-hydrogen) atoms. The standard InChI is InChI=1S/C15H23NOS/c1-10-5-6-16(11(2)7-10)9-15(17)14-8-12(3)18-13(14)4/h8,10-11H,5-7,9H2,1-4H3. The molecule has 2 unspecified atom stereocenters. The highest BCUT2D eigenvalue weighted by molar-refractivity contribution is 7.12. The third kappa shape index (κ3) is 3.01. The van der Waals surface area contributed by atoms with Crippen LogP contribution in [0, 0.1) is 19.8 Å². The van der Waals surface area contributed by atoms with Crippen molar-refractivity contribution in [2.75, 3.05) is 13.1 Å². The largest absolute Gasteiger partial charge is 0.293 e. The van der Waals surface area contributed by atoms with Gasteiger partial charge in [0.2, 0.25) is 0 Å². The molecule has 0 bridgehead atoms. The summed E-state index contributed by atoms with van der Waals surface area (Å²) < 4.78 is 0. The highest BCUT2D eigenvalue weighted by atomic mass is 32.1. The highest BCUT2D eigenvalue weighted by Crippen LogP contribution is 2.24. The highest BCUT2D eigenvalue weighted by Gasteiger charge is 2.25. The van der Waals surface area contributed by atoms with Crippen LogP contribution in [-0.4, -0.2) is 29.8 Å². The number of hydrogen-bond acceptors (Lipinski definition) is 3. The number of nitrogens with zero attached hydrogens (tertiary/aromatic N) is 1. The van der Waals surface area contributed by atoms with Crippen LogP contribution in [0.5, 0.6) is 0 Å². The molecule has 0 N–H and O–H groups in total. The first kappa shape index (κ1) is 13.8. The number of piperidine rings is 1. The fraction of sp³-hybridized carbons (Fsp3) is 0.667. The first-order valence-corrected chi connectivity index (χ1v) is 7.63. The predicted octanol–water partition coefficient (Wildman–Crippen LogP) is 3.67. The Morgan fingerprint density at radius 2 is 2.17 bits per heavy atom. The first-order valence-electron chi connectivity index (χ1n) is 6.81. The number of hydrogen-bond donors (Lipinski definition) is 0. The zero-order valence-electron chi connectivity index (χ0n) is 11.8. The SMILES string of the molecule is Cc1cc(C(=O)CN2CCC(C)CC2C)c(C)s1. The maximum atomic E-state index is 12.3. The number of thiophene rings is 1. The van der Waals surface area contributed by atoms with E-state index < -0.39 is 0 Å². The lowest BCUT2D eigenvalue weighted by molar-refractivity contribution is 0.0816. The van der Waals surface area contributed by atoms with Gasteiger partial charge in [-0.2, -0.15) is 0 Å². The second-order valence-electron chi connectivity index (χ2n) is 5.70. The van der Waals surface area contributed by atoms with E-state index in [0.29, 0.717) is 18.4 Å². The molecule has 0 saturated carbocycles. The summed E-state index contributed by atoms with van der Waals surface area (Å²) in [5.74, 6) is 1.09. The van der Waals surface area contributed by atoms with Crippen molar-refractivity contribution >= 4 is 17.1 Å². The minimum Gasteiger partial charge on any atom is -0.293 e. The molecule has 2 heterocycles. The van der Waals surface area contributed by atoms with Gasteiger partial charge in [-0.3, -0.25) is 9.69 Å². The molecule has 1 aliphatic rings. The minimum absolute atomic E-state index is 0.290. The van der Waals surface area contributed by atoms with Crippen molar-refractivity contribution < 1.29 is 4.79 Å². The summed E-state index contributed by atoms with van der Waals surface area (Å²) in [5.41, 5.74) is 0.934. The summed E-state index contributed by atoms with van der Waals surface area (Å²) in [6.45, 7) is 10.3. The van der Waals surface area contributed by atoms with Gasteiger partial charge in [0.25, 0.3) is 0 Å². The Kier molecular flexibility index (Phi) is 4.23. The van der Waals surface area contributed by atoms with Crippen LogP contribution in [0.3, 0.4) is 0 Å². The Morgan fingerprint density at radius 1 is 1.44 bits per heavy atom. The third-order valence-electron chi connectivity index (χ3n) is 3.96. The topological polar surface area (TPSA) is 20.3 Å². The molecule has 1 fully saturated rings. The average Bonchev–Trinajstić information content (AvgIpc) is 2.62. The normalized spacial score (nSPS) is 25.3. The van der Waals surface area contributed by atoms with Gasteiger partial charge in [-0.15, -0.1) is 11.3 Å². The van der Waals surface area contributed by atoms with Crippen molar-refractivity contribution in [2.45, 2.75) is 46.6 Å². The number of Topliss-reactive ketones (excluding diaryl/α,β-unsaturated/α-hetero) is 1. The van der Waals surface area contributed by atoms with Gasteiger partial charge in [-0.05, 0) is 52.1 Å². The van der Waals surface area contributed by atoms with Crippen molar-refractivity contribution in [3.63, 3.8) is 0 Å². The third-order valence-corrected chi connectivity index (χ3v) is 4.93. The van der Waals surface area contributed by atoms with E-state index in [2.05, 4.69) is 25.7 Å². The van der Waals surface area contributed by atoms with Gasteiger partial charge < -0.3 is 0 Å². The van der Waals surface area contributed by atoms with Crippen LogP contribution in [-0.2, 0) is 0 Å². The zero-order valence-corrected chi connectivity index (χ0v) is 12.6. The zero-order chi connectivity index (χ0) is 13.3. The Bertz CT molecular complexity index is 438. The molecule has 0 radical (unpaired) electrons. The Labute approximate surface area is 114 Å². The molecule has 1 aromatic rings. The lowest BCUT2D eigenvalue weighted by atomic mass is 9.93. The van der Waals surface area contributed by atoms with Gasteiger partial charge in [0.15, 0.2) is 5.78 Å². The summed E-state index contributed by atoms with van der Waals surface area (Å²) in [7, 11) is 0. The van der Waals surface area contributed by atoms with Crippen LogP contribution < -0.4 is 0 Å². The molecule has 0 aliphatic carbocycles. The summed E-state index contributed by atoms with van der Waals surface area (Å²) in [6.07, 6.45) is 2.44. The van der Waals surface area contributed by atoms with Crippen LogP contribution in [0.15, 0.2) is 6.07 Å². The number of ketones is 1. The summed E-state index contributed by atoms with van der Waals surface area (Å²) >= 11 is 1.72. The molecule has 0 aromatic carbocycles. The van der Waals surface area contributed by atoms with E-state index in [1.807, 2.05) is 13.0 Å². The molecular weight excluding hydrogens is 242 g/mol. The van der Waals surface area contributed by atoms with Crippen molar-refractivity contribution in [3.8, 4) is 0 Å². The quantitative estimate of drug-likeness (QED) is 0.777. The van der Waals surface area contributed by atoms with Gasteiger partial charge in [-0.25, -0.2) is 0 Å². The van der Waals surface area contributed by atoms with E-state index in [4.69, 9.17) is 0 Å². The van der Waals surface area contributed by atoms with Crippen LogP contribution in [0.25, 0.3) is 0 Å². The van der Waals surface area contributed by atoms with E-state index in [1.54, 1.807) is 11.3 Å². The fourth-order valence-corrected chi connectivity index (χ4v) is 3.81. The fourth-order valence-electron chi connectivity index (χ4n) is 2.87. The Balaban J connectivity index is 2.01. The summed E-state index contributed by atoms with van der Waals surface area (Å²) in [4.78, 5) is 17.1. The van der Waals surface area contributed by atoms with Crippen LogP contribution >= 0.6 is 11.3 Å². The van der Waals surface area contributed by atoms with Crippen LogP contribution in [0.2, 0.25) is 0 Å². The second kappa shape index (κ2) is 5.54. The van der Waals surface area contributed by atoms with Crippen LogP contribution in [0.1, 0.15) is 46.8 Å². The Morgan fingerprint density at radius 3 is 2.72 bits per heavy atom. The van der Waals surface area contributed by atoms with Gasteiger partial charge in [0.05, 0.1) is 6.54 Å². The van der Waals surface area contributed by atoms with E-state index >= 15 is 0 Å². The van der Waals surface area contributed by atoms with Crippen molar-refractivity contribution in [1.82, 2.24) is 4.90 Å². The van der Waals surface area contributed by atoms with E-state index in [9.17, 15) is 4.79 Å². The second-order valence-corrected chi connectivity index (χ2v) is 7.16. The van der Waals surface area contributed by atoms with Crippen molar-refractivity contribution in [3.05, 3.63) is 21.4 Å². The molecular formula is C15H23NOS. The monoisotopic (exact) mass is 265 g/mol. The first-order chi connectivity index (χ1) is 8.47. The maximum absolute atomic E-state index is 12.3. The molecule has 1 aliphatic heterocycles. The number of carbonyl (C=O) groups excluding carboxylic acids is 1. The lowest BCUT2D eigenvalue weighted by Crippen LogP contribution is -2.43. The molecule has 1 aromatic heterocycles. The average molecular weight is 265 g/mol. The van der Waals surface area contributed by atoms with E-state index in [1.165, 1.54) is 17.7 Å². The molecule has 2 atom stereocenters. The molecule has 2 rings (SSSR count). The van der Waals surface area contributed by atoms with Crippen molar-refractivity contribution in [1.29, 1.82) is 0 Å². The molecule has 100 valence electrons. The molecule has 3 heteroatoms. The van der Waals surface area contributed by atoms with Gasteiger partial charge in [0, 0.05) is 21.4 Å². The molecule has 0 amide bonds. The van der Waals surface area contributed by atoms with Crippen molar-refractivity contribution in [2.24, 2.45) is 5.92 Å². The number of rotatable bonds is 3. The smallest absolute Gasteiger partial charge is 0.177 e. The number of likely N-dealkylation sites (tertiary alicyclic amines) is 1. The number of carbonyl (C=O) groups is 1. The van der Waals surface area contributed by atoms with E-state index in [0.717, 1.165) is 22.9 Å². The van der Waals surface area contributed by atoms with E-state index in [-0.39, 0.29) is 0 Å². The lowest BCUT2D eigenvalue weighted by Gasteiger charge is -2.35. The van der Waals surface area contributed by atoms with Crippen LogP contribution in [0.4, 0.5) is 0 Å². The number of aryl methyl sites for hydroxylation is 2. The van der Waals surface area contributed by atoms with Gasteiger partial charge >= 0.3 is 0 Å². The maximum Gasteiger partial charge on any atom is 0.177 e.